The highest BCUT2D eigenvalue weighted by Crippen LogP contribution is 2.30. The maximum absolute atomic E-state index is 12.4. The monoisotopic (exact) mass is 383 g/mol. The highest BCUT2D eigenvalue weighted by Gasteiger charge is 2.15. The van der Waals surface area contributed by atoms with Crippen LogP contribution in [-0.2, 0) is 0 Å². The van der Waals surface area contributed by atoms with Crippen LogP contribution < -0.4 is 10.3 Å². The number of hydrogen-bond acceptors (Lipinski definition) is 5. The summed E-state index contributed by atoms with van der Waals surface area (Å²) in [5, 5.41) is 7.13. The molecular weight excluding hydrogens is 370 g/mol. The molecule has 0 spiro atoms. The van der Waals surface area contributed by atoms with E-state index in [9.17, 15) is 4.79 Å². The first kappa shape index (κ1) is 16.8. The van der Waals surface area contributed by atoms with Gasteiger partial charge in [0, 0.05) is 21.5 Å². The van der Waals surface area contributed by atoms with Gasteiger partial charge in [-0.2, -0.15) is 10.1 Å². The third kappa shape index (κ3) is 2.87. The van der Waals surface area contributed by atoms with Gasteiger partial charge in [0.1, 0.15) is 5.75 Å². The highest BCUT2D eigenvalue weighted by atomic mass is 35.5. The smallest absolute Gasteiger partial charge is 0.300 e. The topological polar surface area (TPSA) is 56.5 Å². The van der Waals surface area contributed by atoms with Crippen LogP contribution in [0.4, 0.5) is 0 Å². The number of aryl methyl sites for hydroxylation is 1. The van der Waals surface area contributed by atoms with Crippen molar-refractivity contribution in [2.75, 3.05) is 7.11 Å². The Morgan fingerprint density at radius 1 is 1.15 bits per heavy atom. The molecule has 2 heterocycles. The Labute approximate surface area is 158 Å². The van der Waals surface area contributed by atoms with Gasteiger partial charge in [-0.1, -0.05) is 23.7 Å². The molecular formula is C19H14ClN3O2S. The molecule has 0 N–H and O–H groups in total. The fourth-order valence-corrected chi connectivity index (χ4v) is 3.73. The lowest BCUT2D eigenvalue weighted by atomic mass is 10.1. The second kappa shape index (κ2) is 6.55. The van der Waals surface area contributed by atoms with Crippen LogP contribution in [0.3, 0.4) is 0 Å². The third-order valence-electron chi connectivity index (χ3n) is 4.11. The maximum atomic E-state index is 12.4. The summed E-state index contributed by atoms with van der Waals surface area (Å²) < 4.78 is 6.99. The van der Waals surface area contributed by atoms with Gasteiger partial charge in [0.2, 0.25) is 4.96 Å². The normalized spacial score (nSPS) is 11.0. The number of benzene rings is 2. The Hall–Kier alpha value is -2.70. The van der Waals surface area contributed by atoms with E-state index in [0.29, 0.717) is 21.2 Å². The molecule has 0 fully saturated rings. The van der Waals surface area contributed by atoms with Gasteiger partial charge in [0.05, 0.1) is 12.8 Å². The Morgan fingerprint density at radius 2 is 1.92 bits per heavy atom. The van der Waals surface area contributed by atoms with E-state index in [-0.39, 0.29) is 5.56 Å². The number of hydrogen-bond donors (Lipinski definition) is 0. The molecule has 0 amide bonds. The van der Waals surface area contributed by atoms with Crippen LogP contribution in [0.5, 0.6) is 5.75 Å². The van der Waals surface area contributed by atoms with Gasteiger partial charge in [0.25, 0.3) is 0 Å². The van der Waals surface area contributed by atoms with Crippen LogP contribution in [0.25, 0.3) is 27.5 Å². The van der Waals surface area contributed by atoms with Gasteiger partial charge in [-0.15, -0.1) is 11.3 Å². The van der Waals surface area contributed by atoms with Gasteiger partial charge < -0.3 is 4.74 Å². The van der Waals surface area contributed by atoms with E-state index >= 15 is 0 Å². The SMILES string of the molecule is COc1ccc(-c2csc3nc(=O)c(-c4ccc(Cl)cc4)nn23)c(C)c1. The zero-order valence-electron chi connectivity index (χ0n) is 14.1. The second-order valence-electron chi connectivity index (χ2n) is 5.77. The molecule has 26 heavy (non-hydrogen) atoms. The fraction of sp³-hybridized carbons (Fsp3) is 0.105. The van der Waals surface area contributed by atoms with E-state index in [2.05, 4.69) is 10.1 Å². The fourth-order valence-electron chi connectivity index (χ4n) is 2.78. The summed E-state index contributed by atoms with van der Waals surface area (Å²) >= 11 is 7.32. The minimum Gasteiger partial charge on any atom is -0.497 e. The average Bonchev–Trinajstić information content (AvgIpc) is 3.04. The van der Waals surface area contributed by atoms with Crippen molar-refractivity contribution in [2.24, 2.45) is 0 Å². The van der Waals surface area contributed by atoms with Crippen molar-refractivity contribution >= 4 is 27.9 Å². The predicted molar refractivity (Wildman–Crippen MR) is 104 cm³/mol. The Kier molecular flexibility index (Phi) is 4.22. The van der Waals surface area contributed by atoms with E-state index in [1.165, 1.54) is 11.3 Å². The van der Waals surface area contributed by atoms with Gasteiger partial charge >= 0.3 is 5.56 Å². The molecule has 4 aromatic rings. The maximum Gasteiger partial charge on any atom is 0.300 e. The van der Waals surface area contributed by atoms with Crippen LogP contribution in [-0.4, -0.2) is 21.7 Å². The molecule has 0 atom stereocenters. The molecule has 2 aromatic heterocycles. The van der Waals surface area contributed by atoms with E-state index in [1.807, 2.05) is 30.5 Å². The van der Waals surface area contributed by atoms with Crippen molar-refractivity contribution in [3.05, 3.63) is 68.8 Å². The van der Waals surface area contributed by atoms with E-state index < -0.39 is 0 Å². The van der Waals surface area contributed by atoms with Gasteiger partial charge in [-0.25, -0.2) is 4.52 Å². The first-order valence-electron chi connectivity index (χ1n) is 7.86. The van der Waals surface area contributed by atoms with Crippen LogP contribution in [0.2, 0.25) is 5.02 Å². The molecule has 2 aromatic carbocycles. The predicted octanol–water partition coefficient (Wildman–Crippen LogP) is 4.46. The summed E-state index contributed by atoms with van der Waals surface area (Å²) in [6.07, 6.45) is 0. The minimum absolute atomic E-state index is 0.296. The van der Waals surface area contributed by atoms with Crippen molar-refractivity contribution in [3.8, 4) is 28.3 Å². The number of thiazole rings is 1. The molecule has 0 saturated heterocycles. The zero-order chi connectivity index (χ0) is 18.3. The Morgan fingerprint density at radius 3 is 2.62 bits per heavy atom. The lowest BCUT2D eigenvalue weighted by molar-refractivity contribution is 0.414. The Balaban J connectivity index is 1.91. The molecule has 0 unspecified atom stereocenters. The van der Waals surface area contributed by atoms with Crippen LogP contribution in [0, 0.1) is 6.92 Å². The van der Waals surface area contributed by atoms with Gasteiger partial charge in [-0.05, 0) is 42.8 Å². The van der Waals surface area contributed by atoms with Gasteiger partial charge in [0.15, 0.2) is 5.69 Å². The number of halogens is 1. The third-order valence-corrected chi connectivity index (χ3v) is 5.18. The van der Waals surface area contributed by atoms with Crippen molar-refractivity contribution < 1.29 is 4.74 Å². The molecule has 130 valence electrons. The highest BCUT2D eigenvalue weighted by molar-refractivity contribution is 7.15. The van der Waals surface area contributed by atoms with Crippen molar-refractivity contribution in [3.63, 3.8) is 0 Å². The second-order valence-corrected chi connectivity index (χ2v) is 7.04. The number of ether oxygens (including phenoxy) is 1. The molecule has 7 heteroatoms. The van der Waals surface area contributed by atoms with E-state index in [0.717, 1.165) is 22.6 Å². The lowest BCUT2D eigenvalue weighted by Crippen LogP contribution is -2.14. The van der Waals surface area contributed by atoms with Crippen molar-refractivity contribution in [1.29, 1.82) is 0 Å². The van der Waals surface area contributed by atoms with Crippen LogP contribution in [0.15, 0.2) is 52.6 Å². The molecule has 4 rings (SSSR count). The average molecular weight is 384 g/mol. The quantitative estimate of drug-likeness (QED) is 0.524. The molecule has 0 bridgehead atoms. The summed E-state index contributed by atoms with van der Waals surface area (Å²) in [7, 11) is 1.64. The van der Waals surface area contributed by atoms with Crippen molar-refractivity contribution in [2.45, 2.75) is 6.92 Å². The number of fused-ring (bicyclic) bond motifs is 1. The standard InChI is InChI=1S/C19H14ClN3O2S/c1-11-9-14(25-2)7-8-15(11)16-10-26-19-21-18(24)17(22-23(16)19)12-3-5-13(20)6-4-12/h3-10H,1-2H3. The molecule has 5 nitrogen and oxygen atoms in total. The summed E-state index contributed by atoms with van der Waals surface area (Å²) in [5.41, 5.74) is 3.57. The molecule has 0 saturated carbocycles. The first-order chi connectivity index (χ1) is 12.6. The number of nitrogens with zero attached hydrogens (tertiary/aromatic N) is 3. The van der Waals surface area contributed by atoms with Crippen molar-refractivity contribution in [1.82, 2.24) is 14.6 Å². The number of methoxy groups -OCH3 is 1. The summed E-state index contributed by atoms with van der Waals surface area (Å²) in [4.78, 5) is 17.1. The number of rotatable bonds is 3. The summed E-state index contributed by atoms with van der Waals surface area (Å²) in [6, 6.07) is 12.9. The largest absolute Gasteiger partial charge is 0.497 e. The minimum atomic E-state index is -0.354. The molecule has 0 aliphatic rings. The molecule has 0 aliphatic heterocycles. The van der Waals surface area contributed by atoms with E-state index in [4.69, 9.17) is 16.3 Å². The van der Waals surface area contributed by atoms with Gasteiger partial charge in [-0.3, -0.25) is 4.79 Å². The summed E-state index contributed by atoms with van der Waals surface area (Å²) in [5.74, 6) is 0.797. The Bertz CT molecular complexity index is 1170. The van der Waals surface area contributed by atoms with E-state index in [1.54, 1.807) is 35.9 Å². The van der Waals surface area contributed by atoms with Crippen LogP contribution in [0.1, 0.15) is 5.56 Å². The molecule has 0 aliphatic carbocycles. The number of aromatic nitrogens is 3. The van der Waals surface area contributed by atoms with Crippen LogP contribution >= 0.6 is 22.9 Å². The lowest BCUT2D eigenvalue weighted by Gasteiger charge is -2.08. The molecule has 0 radical (unpaired) electrons. The summed E-state index contributed by atoms with van der Waals surface area (Å²) in [6.45, 7) is 2.01. The zero-order valence-corrected chi connectivity index (χ0v) is 15.6. The first-order valence-corrected chi connectivity index (χ1v) is 9.12.